The van der Waals surface area contributed by atoms with Crippen LogP contribution in [0.25, 0.3) is 0 Å². The van der Waals surface area contributed by atoms with Crippen LogP contribution in [0, 0.1) is 6.92 Å². The zero-order valence-corrected chi connectivity index (χ0v) is 12.9. The molecule has 1 aromatic rings. The van der Waals surface area contributed by atoms with Crippen molar-refractivity contribution in [2.75, 3.05) is 0 Å². The van der Waals surface area contributed by atoms with Crippen molar-refractivity contribution >= 4 is 34.9 Å². The van der Waals surface area contributed by atoms with E-state index in [0.717, 1.165) is 11.6 Å². The summed E-state index contributed by atoms with van der Waals surface area (Å²) >= 11 is 11.3. The zero-order valence-electron chi connectivity index (χ0n) is 11.4. The Labute approximate surface area is 136 Å². The highest BCUT2D eigenvalue weighted by atomic mass is 35.5. The van der Waals surface area contributed by atoms with Crippen LogP contribution in [0.1, 0.15) is 15.9 Å². The van der Waals surface area contributed by atoms with E-state index >= 15 is 0 Å². The highest BCUT2D eigenvalue weighted by molar-refractivity contribution is 6.35. The molecule has 0 radical (unpaired) electrons. The van der Waals surface area contributed by atoms with E-state index < -0.39 is 23.0 Å². The lowest BCUT2D eigenvalue weighted by Crippen LogP contribution is -2.37. The predicted molar refractivity (Wildman–Crippen MR) is 82.4 cm³/mol. The van der Waals surface area contributed by atoms with Crippen LogP contribution in [-0.2, 0) is 4.79 Å². The number of hydrogen-bond acceptors (Lipinski definition) is 2. The van der Waals surface area contributed by atoms with Gasteiger partial charge in [0, 0.05) is 5.56 Å². The van der Waals surface area contributed by atoms with Gasteiger partial charge in [0.05, 0.1) is 5.57 Å². The van der Waals surface area contributed by atoms with Gasteiger partial charge >= 0.3 is 0 Å². The molecule has 0 spiro atoms. The van der Waals surface area contributed by atoms with Crippen LogP contribution >= 0.6 is 23.2 Å². The average molecular weight is 338 g/mol. The number of allylic oxidation sites excluding steroid dienone is 3. The smallest absolute Gasteiger partial charge is 0.252 e. The van der Waals surface area contributed by atoms with Gasteiger partial charge in [0.2, 0.25) is 5.78 Å². The van der Waals surface area contributed by atoms with Crippen molar-refractivity contribution in [3.63, 3.8) is 0 Å². The molecule has 3 nitrogen and oxygen atoms in total. The van der Waals surface area contributed by atoms with E-state index in [1.807, 2.05) is 13.0 Å². The molecule has 6 heteroatoms. The Balaban J connectivity index is 2.13. The molecule has 1 unspecified atom stereocenters. The Bertz CT molecular complexity index is 785. The van der Waals surface area contributed by atoms with E-state index in [2.05, 4.69) is 16.8 Å². The number of carbonyl (C=O) groups is 2. The second-order valence-electron chi connectivity index (χ2n) is 4.54. The minimum atomic E-state index is -1.35. The summed E-state index contributed by atoms with van der Waals surface area (Å²) in [6, 6.07) is 6.80. The predicted octanol–water partition coefficient (Wildman–Crippen LogP) is 3.53. The van der Waals surface area contributed by atoms with Gasteiger partial charge in [0.25, 0.3) is 5.91 Å². The van der Waals surface area contributed by atoms with Crippen LogP contribution in [0.5, 0.6) is 0 Å². The molecule has 1 aliphatic carbocycles. The Hall–Kier alpha value is -2.09. The maximum atomic E-state index is 13.3. The summed E-state index contributed by atoms with van der Waals surface area (Å²) in [4.78, 5) is 24.0. The van der Waals surface area contributed by atoms with Crippen LogP contribution in [0.3, 0.4) is 0 Å². The standard InChI is InChI=1S/C16H10Cl2FNO2/c1-9-3-2-4-11(7-9)16(22)20-15(18)14(21)10-5-6-12(17)13(19)8-10/h2-4,7-8,15H,1H3,(H,20,22). The van der Waals surface area contributed by atoms with Crippen molar-refractivity contribution < 1.29 is 14.0 Å². The number of carbonyl (C=O) groups excluding carboxylic acids is 2. The fourth-order valence-corrected chi connectivity index (χ4v) is 2.05. The van der Waals surface area contributed by atoms with Gasteiger partial charge in [-0.1, -0.05) is 46.6 Å². The number of alkyl halides is 1. The Morgan fingerprint density at radius 1 is 1.32 bits per heavy atom. The molecule has 0 aliphatic heterocycles. The molecule has 1 aromatic carbocycles. The number of nitrogens with one attached hydrogen (secondary N) is 1. The van der Waals surface area contributed by atoms with E-state index in [1.165, 1.54) is 0 Å². The first-order valence-corrected chi connectivity index (χ1v) is 7.04. The van der Waals surface area contributed by atoms with E-state index in [1.54, 1.807) is 18.2 Å². The molecule has 112 valence electrons. The van der Waals surface area contributed by atoms with Crippen LogP contribution < -0.4 is 5.32 Å². The Morgan fingerprint density at radius 2 is 2.05 bits per heavy atom. The third kappa shape index (κ3) is 3.76. The molecule has 0 fully saturated rings. The Morgan fingerprint density at radius 3 is 2.68 bits per heavy atom. The van der Waals surface area contributed by atoms with Gasteiger partial charge in [-0.25, -0.2) is 4.39 Å². The third-order valence-electron chi connectivity index (χ3n) is 2.82. The number of rotatable bonds is 4. The normalized spacial score (nSPS) is 14.6. The van der Waals surface area contributed by atoms with Crippen molar-refractivity contribution in [2.24, 2.45) is 0 Å². The zero-order chi connectivity index (χ0) is 16.3. The van der Waals surface area contributed by atoms with Gasteiger partial charge in [0.1, 0.15) is 5.03 Å². The number of ketones is 1. The summed E-state index contributed by atoms with van der Waals surface area (Å²) in [5, 5.41) is 2.07. The third-order valence-corrected chi connectivity index (χ3v) is 3.40. The van der Waals surface area contributed by atoms with Crippen LogP contribution in [0.15, 0.2) is 58.2 Å². The largest absolute Gasteiger partial charge is 0.329 e. The van der Waals surface area contributed by atoms with Gasteiger partial charge in [-0.05, 0) is 30.9 Å². The molecule has 0 aromatic heterocycles. The summed E-state index contributed by atoms with van der Waals surface area (Å²) in [5.41, 5.74) is 4.44. The lowest BCUT2D eigenvalue weighted by atomic mass is 10.1. The fourth-order valence-electron chi connectivity index (χ4n) is 1.73. The average Bonchev–Trinajstić information content (AvgIpc) is 2.49. The minimum Gasteiger partial charge on any atom is -0.329 e. The number of halogens is 3. The Kier molecular flexibility index (Phi) is 5.02. The van der Waals surface area contributed by atoms with Crippen molar-refractivity contribution in [2.45, 2.75) is 12.4 Å². The monoisotopic (exact) mass is 337 g/mol. The first-order chi connectivity index (χ1) is 10.4. The maximum absolute atomic E-state index is 13.3. The van der Waals surface area contributed by atoms with Gasteiger partial charge in [-0.3, -0.25) is 9.59 Å². The summed E-state index contributed by atoms with van der Waals surface area (Å²) in [6.45, 7) is 1.83. The molecule has 0 saturated heterocycles. The van der Waals surface area contributed by atoms with E-state index in [9.17, 15) is 14.0 Å². The number of Topliss-reactive ketones (excluding diaryl/α,β-unsaturated/α-hetero) is 1. The summed E-state index contributed by atoms with van der Waals surface area (Å²) in [6.07, 6.45) is 0.898. The number of benzene rings is 1. The topological polar surface area (TPSA) is 46.2 Å². The van der Waals surface area contributed by atoms with Crippen molar-refractivity contribution in [3.8, 4) is 0 Å². The lowest BCUT2D eigenvalue weighted by molar-refractivity contribution is -0.115. The molecule has 0 heterocycles. The van der Waals surface area contributed by atoms with E-state index in [-0.39, 0.29) is 10.6 Å². The number of aryl methyl sites for hydroxylation is 1. The summed E-state index contributed by atoms with van der Waals surface area (Å²) in [5.74, 6) is -2.01. The van der Waals surface area contributed by atoms with Gasteiger partial charge in [0.15, 0.2) is 11.3 Å². The quantitative estimate of drug-likeness (QED) is 0.519. The van der Waals surface area contributed by atoms with Crippen LogP contribution in [-0.4, -0.2) is 17.2 Å². The molecule has 2 rings (SSSR count). The molecule has 1 amide bonds. The molecular formula is C16H10Cl2FNO2. The second-order valence-corrected chi connectivity index (χ2v) is 5.35. The molecule has 1 N–H and O–H groups in total. The second kappa shape index (κ2) is 6.78. The number of hydrogen-bond donors (Lipinski definition) is 1. The lowest BCUT2D eigenvalue weighted by Gasteiger charge is -2.11. The van der Waals surface area contributed by atoms with Crippen molar-refractivity contribution in [1.82, 2.24) is 5.32 Å². The SMILES string of the molecule is Cc1cccc(C(=O)NC(Cl)C(=O)C2=C=C=C(Cl)C(F)=C2)c1. The first kappa shape index (κ1) is 16.3. The van der Waals surface area contributed by atoms with Crippen LogP contribution in [0.2, 0.25) is 0 Å². The van der Waals surface area contributed by atoms with Crippen molar-refractivity contribution in [1.29, 1.82) is 0 Å². The highest BCUT2D eigenvalue weighted by Crippen LogP contribution is 2.21. The number of amides is 1. The summed E-state index contributed by atoms with van der Waals surface area (Å²) < 4.78 is 13.3. The van der Waals surface area contributed by atoms with Crippen LogP contribution in [0.4, 0.5) is 4.39 Å². The molecule has 1 atom stereocenters. The van der Waals surface area contributed by atoms with E-state index in [0.29, 0.717) is 5.56 Å². The minimum absolute atomic E-state index is 0.147. The van der Waals surface area contributed by atoms with Gasteiger partial charge in [-0.2, -0.15) is 0 Å². The van der Waals surface area contributed by atoms with Gasteiger partial charge < -0.3 is 5.32 Å². The highest BCUT2D eigenvalue weighted by Gasteiger charge is 2.23. The fraction of sp³-hybridized carbons (Fsp3) is 0.125. The molecule has 1 aliphatic rings. The molecule has 0 bridgehead atoms. The van der Waals surface area contributed by atoms with E-state index in [4.69, 9.17) is 23.2 Å². The molecule has 0 saturated carbocycles. The maximum Gasteiger partial charge on any atom is 0.252 e. The molecule has 22 heavy (non-hydrogen) atoms. The molecular weight excluding hydrogens is 328 g/mol. The van der Waals surface area contributed by atoms with Crippen molar-refractivity contribution in [3.05, 3.63) is 69.4 Å². The summed E-state index contributed by atoms with van der Waals surface area (Å²) in [7, 11) is 0. The van der Waals surface area contributed by atoms with Gasteiger partial charge in [-0.15, -0.1) is 0 Å². The first-order valence-electron chi connectivity index (χ1n) is 6.23.